The molecule has 1 N–H and O–H groups in total. The highest BCUT2D eigenvalue weighted by Gasteiger charge is 2.23. The first kappa shape index (κ1) is 17.2. The van der Waals surface area contributed by atoms with Crippen LogP contribution in [0.25, 0.3) is 0 Å². The summed E-state index contributed by atoms with van der Waals surface area (Å²) < 4.78 is 4.68. The first-order valence-corrected chi connectivity index (χ1v) is 7.58. The second-order valence-electron chi connectivity index (χ2n) is 5.67. The van der Waals surface area contributed by atoms with E-state index in [1.165, 1.54) is 18.4 Å². The molecule has 0 aliphatic rings. The van der Waals surface area contributed by atoms with Gasteiger partial charge in [-0.1, -0.05) is 43.7 Å². The van der Waals surface area contributed by atoms with Crippen LogP contribution in [0.2, 0.25) is 5.15 Å². The maximum atomic E-state index is 11.6. The molecular weight excluding hydrogens is 300 g/mol. The topological polar surface area (TPSA) is 62.7 Å². The van der Waals surface area contributed by atoms with E-state index >= 15 is 0 Å². The summed E-state index contributed by atoms with van der Waals surface area (Å²) in [4.78, 5) is 18.2. The molecule has 1 heterocycles. The van der Waals surface area contributed by atoms with Crippen LogP contribution in [0.15, 0.2) is 0 Å². The summed E-state index contributed by atoms with van der Waals surface area (Å²) in [7, 11) is 1.32. The number of nitrogens with zero attached hydrogens (tertiary/aromatic N) is 2. The molecule has 0 aliphatic carbocycles. The molecule has 0 saturated heterocycles. The Morgan fingerprint density at radius 1 is 1.50 bits per heavy atom. The molecule has 114 valence electrons. The molecule has 0 bridgehead atoms. The quantitative estimate of drug-likeness (QED) is 0.817. The van der Waals surface area contributed by atoms with Gasteiger partial charge in [0.15, 0.2) is 15.2 Å². The van der Waals surface area contributed by atoms with E-state index in [9.17, 15) is 4.79 Å². The number of carbonyl (C=O) groups excluding carboxylic acids is 1. The zero-order valence-electron chi connectivity index (χ0n) is 12.3. The van der Waals surface area contributed by atoms with E-state index in [-0.39, 0.29) is 17.2 Å². The third kappa shape index (κ3) is 4.92. The highest BCUT2D eigenvalue weighted by Crippen LogP contribution is 2.32. The summed E-state index contributed by atoms with van der Waals surface area (Å²) in [6, 6.07) is 0. The fraction of sp³-hybridized carbons (Fsp3) is 0.692. The standard InChI is InChI=1S/C13H21ClN2O3S/c1-13(2,3)8-16(6-5-7-17)12-15-10(14)9(20-12)11(18)19-4/h17H,5-8H2,1-4H3. The Morgan fingerprint density at radius 3 is 2.65 bits per heavy atom. The molecule has 1 rings (SSSR count). The van der Waals surface area contributed by atoms with Gasteiger partial charge in [0.2, 0.25) is 0 Å². The van der Waals surface area contributed by atoms with Crippen LogP contribution in [0.1, 0.15) is 36.9 Å². The average molecular weight is 321 g/mol. The second kappa shape index (κ2) is 7.24. The van der Waals surface area contributed by atoms with Crippen molar-refractivity contribution in [2.45, 2.75) is 27.2 Å². The van der Waals surface area contributed by atoms with Gasteiger partial charge in [-0.25, -0.2) is 9.78 Å². The van der Waals surface area contributed by atoms with Gasteiger partial charge < -0.3 is 14.7 Å². The lowest BCUT2D eigenvalue weighted by molar-refractivity contribution is 0.0606. The van der Waals surface area contributed by atoms with Crippen molar-refractivity contribution in [3.8, 4) is 0 Å². The SMILES string of the molecule is COC(=O)c1sc(N(CCCO)CC(C)(C)C)nc1Cl. The summed E-state index contributed by atoms with van der Waals surface area (Å²) in [5.74, 6) is -0.475. The molecule has 0 unspecified atom stereocenters. The van der Waals surface area contributed by atoms with Gasteiger partial charge in [-0.2, -0.15) is 0 Å². The van der Waals surface area contributed by atoms with Crippen LogP contribution in [-0.2, 0) is 4.74 Å². The molecule has 0 radical (unpaired) electrons. The molecule has 0 spiro atoms. The number of aliphatic hydroxyl groups excluding tert-OH is 1. The van der Waals surface area contributed by atoms with Crippen molar-refractivity contribution in [3.63, 3.8) is 0 Å². The molecule has 0 amide bonds. The summed E-state index contributed by atoms with van der Waals surface area (Å²) in [5, 5.41) is 9.85. The smallest absolute Gasteiger partial charge is 0.351 e. The molecule has 7 heteroatoms. The maximum absolute atomic E-state index is 11.6. The van der Waals surface area contributed by atoms with E-state index in [1.54, 1.807) is 0 Å². The number of rotatable bonds is 6. The molecule has 20 heavy (non-hydrogen) atoms. The largest absolute Gasteiger partial charge is 0.465 e. The molecule has 5 nitrogen and oxygen atoms in total. The number of ether oxygens (including phenoxy) is 1. The maximum Gasteiger partial charge on any atom is 0.351 e. The lowest BCUT2D eigenvalue weighted by Crippen LogP contribution is -2.33. The minimum atomic E-state index is -0.475. The van der Waals surface area contributed by atoms with Crippen molar-refractivity contribution in [2.24, 2.45) is 5.41 Å². The minimum absolute atomic E-state index is 0.0685. The molecule has 0 atom stereocenters. The molecule has 0 aromatic carbocycles. The number of anilines is 1. The lowest BCUT2D eigenvalue weighted by Gasteiger charge is -2.29. The fourth-order valence-electron chi connectivity index (χ4n) is 1.72. The molecule has 1 aromatic heterocycles. The summed E-state index contributed by atoms with van der Waals surface area (Å²) >= 11 is 7.21. The Bertz CT molecular complexity index is 457. The van der Waals surface area contributed by atoms with E-state index in [4.69, 9.17) is 16.7 Å². The van der Waals surface area contributed by atoms with Crippen molar-refractivity contribution in [2.75, 3.05) is 31.7 Å². The van der Waals surface area contributed by atoms with E-state index in [0.717, 1.165) is 6.54 Å². The highest BCUT2D eigenvalue weighted by atomic mass is 35.5. The van der Waals surface area contributed by atoms with E-state index < -0.39 is 5.97 Å². The molecule has 0 saturated carbocycles. The monoisotopic (exact) mass is 320 g/mol. The first-order chi connectivity index (χ1) is 9.28. The van der Waals surface area contributed by atoms with Crippen LogP contribution in [0.4, 0.5) is 5.13 Å². The minimum Gasteiger partial charge on any atom is -0.465 e. The highest BCUT2D eigenvalue weighted by molar-refractivity contribution is 7.18. The summed E-state index contributed by atoms with van der Waals surface area (Å²) in [6.07, 6.45) is 0.640. The molecule has 0 aliphatic heterocycles. The van der Waals surface area contributed by atoms with Crippen LogP contribution in [0, 0.1) is 5.41 Å². The van der Waals surface area contributed by atoms with Gasteiger partial charge in [0.25, 0.3) is 0 Å². The first-order valence-electron chi connectivity index (χ1n) is 6.39. The van der Waals surface area contributed by atoms with Gasteiger partial charge in [0, 0.05) is 19.7 Å². The Kier molecular flexibility index (Phi) is 6.23. The zero-order valence-corrected chi connectivity index (χ0v) is 13.8. The fourth-order valence-corrected chi connectivity index (χ4v) is 2.95. The average Bonchev–Trinajstić information content (AvgIpc) is 2.74. The Labute approximate surface area is 128 Å². The van der Waals surface area contributed by atoms with Crippen LogP contribution in [-0.4, -0.2) is 42.9 Å². The molecule has 0 fully saturated rings. The van der Waals surface area contributed by atoms with Crippen molar-refractivity contribution in [3.05, 3.63) is 10.0 Å². The number of aromatic nitrogens is 1. The number of aliphatic hydroxyl groups is 1. The second-order valence-corrected chi connectivity index (χ2v) is 7.00. The van der Waals surface area contributed by atoms with Crippen LogP contribution < -0.4 is 4.90 Å². The number of methoxy groups -OCH3 is 1. The predicted molar refractivity (Wildman–Crippen MR) is 81.8 cm³/mol. The van der Waals surface area contributed by atoms with Gasteiger partial charge in [0.05, 0.1) is 7.11 Å². The third-order valence-corrected chi connectivity index (χ3v) is 3.95. The lowest BCUT2D eigenvalue weighted by atomic mass is 9.96. The Hall–Kier alpha value is -0.850. The number of hydrogen-bond acceptors (Lipinski definition) is 6. The number of carbonyl (C=O) groups is 1. The van der Waals surface area contributed by atoms with Gasteiger partial charge in [-0.15, -0.1) is 0 Å². The predicted octanol–water partition coefficient (Wildman–Crippen LogP) is 2.82. The number of hydrogen-bond donors (Lipinski definition) is 1. The van der Waals surface area contributed by atoms with Gasteiger partial charge in [0.1, 0.15) is 0 Å². The normalized spacial score (nSPS) is 11.5. The van der Waals surface area contributed by atoms with Crippen LogP contribution in [0.3, 0.4) is 0 Å². The van der Waals surface area contributed by atoms with Crippen molar-refractivity contribution >= 4 is 34.0 Å². The van der Waals surface area contributed by atoms with E-state index in [2.05, 4.69) is 30.5 Å². The zero-order chi connectivity index (χ0) is 15.3. The third-order valence-electron chi connectivity index (χ3n) is 2.47. The van der Waals surface area contributed by atoms with Gasteiger partial charge in [-0.05, 0) is 11.8 Å². The van der Waals surface area contributed by atoms with Gasteiger partial charge in [-0.3, -0.25) is 0 Å². The molecule has 1 aromatic rings. The van der Waals surface area contributed by atoms with E-state index in [1.807, 2.05) is 4.90 Å². The summed E-state index contributed by atoms with van der Waals surface area (Å²) in [5.41, 5.74) is 0.0685. The van der Waals surface area contributed by atoms with Crippen LogP contribution in [0.5, 0.6) is 0 Å². The number of esters is 1. The number of halogens is 1. The van der Waals surface area contributed by atoms with Crippen LogP contribution >= 0.6 is 22.9 Å². The Morgan fingerprint density at radius 2 is 2.15 bits per heavy atom. The van der Waals surface area contributed by atoms with E-state index in [0.29, 0.717) is 23.0 Å². The summed E-state index contributed by atoms with van der Waals surface area (Å²) in [6.45, 7) is 7.90. The van der Waals surface area contributed by atoms with Crippen molar-refractivity contribution in [1.82, 2.24) is 4.98 Å². The number of thiazole rings is 1. The van der Waals surface area contributed by atoms with Gasteiger partial charge >= 0.3 is 5.97 Å². The van der Waals surface area contributed by atoms with Crippen molar-refractivity contribution in [1.29, 1.82) is 0 Å². The Balaban J connectivity index is 2.98. The molecular formula is C13H21ClN2O3S. The van der Waals surface area contributed by atoms with Crippen molar-refractivity contribution < 1.29 is 14.6 Å².